The molecule has 1 aliphatic heterocycles. The molecule has 1 aromatic carbocycles. The Balaban J connectivity index is 1.66. The standard InChI is InChI=1S/C18H26N4O2S/c1-14-5-7-17(8-6-14)25(23,24)22-11-9-21(10-12-22)13-18-15(2)19-20(4)16(18)3/h5-8H,9-13H2,1-4H3. The minimum atomic E-state index is -3.40. The fourth-order valence-corrected chi connectivity index (χ4v) is 4.68. The van der Waals surface area contributed by atoms with Gasteiger partial charge in [-0.25, -0.2) is 8.42 Å². The highest BCUT2D eigenvalue weighted by atomic mass is 32.2. The third kappa shape index (κ3) is 3.63. The molecular weight excluding hydrogens is 336 g/mol. The van der Waals surface area contributed by atoms with Crippen LogP contribution in [0.5, 0.6) is 0 Å². The largest absolute Gasteiger partial charge is 0.296 e. The molecule has 1 aromatic heterocycles. The number of rotatable bonds is 4. The average Bonchev–Trinajstić information content (AvgIpc) is 2.82. The molecular formula is C18H26N4O2S. The molecule has 0 unspecified atom stereocenters. The van der Waals surface area contributed by atoms with E-state index in [1.54, 1.807) is 16.4 Å². The molecule has 0 N–H and O–H groups in total. The Labute approximate surface area is 150 Å². The van der Waals surface area contributed by atoms with Crippen LogP contribution in [-0.4, -0.2) is 53.6 Å². The van der Waals surface area contributed by atoms with E-state index < -0.39 is 10.0 Å². The fraction of sp³-hybridized carbons (Fsp3) is 0.500. The summed E-state index contributed by atoms with van der Waals surface area (Å²) in [4.78, 5) is 2.68. The molecule has 0 bridgehead atoms. The van der Waals surface area contributed by atoms with Gasteiger partial charge in [-0.15, -0.1) is 0 Å². The maximum Gasteiger partial charge on any atom is 0.243 e. The van der Waals surface area contributed by atoms with Gasteiger partial charge in [-0.05, 0) is 32.9 Å². The lowest BCUT2D eigenvalue weighted by molar-refractivity contribution is 0.181. The van der Waals surface area contributed by atoms with E-state index in [1.165, 1.54) is 11.3 Å². The first-order chi connectivity index (χ1) is 11.8. The molecule has 136 valence electrons. The van der Waals surface area contributed by atoms with Crippen LogP contribution >= 0.6 is 0 Å². The molecule has 7 heteroatoms. The molecule has 2 heterocycles. The van der Waals surface area contributed by atoms with Crippen LogP contribution in [0, 0.1) is 20.8 Å². The van der Waals surface area contributed by atoms with E-state index in [1.807, 2.05) is 37.7 Å². The minimum absolute atomic E-state index is 0.380. The first kappa shape index (κ1) is 18.1. The van der Waals surface area contributed by atoms with E-state index in [0.29, 0.717) is 18.0 Å². The molecule has 0 saturated carbocycles. The second kappa shape index (κ2) is 6.90. The topological polar surface area (TPSA) is 58.4 Å². The van der Waals surface area contributed by atoms with E-state index in [2.05, 4.69) is 16.9 Å². The lowest BCUT2D eigenvalue weighted by Crippen LogP contribution is -2.48. The quantitative estimate of drug-likeness (QED) is 0.833. The van der Waals surface area contributed by atoms with Gasteiger partial charge in [0.1, 0.15) is 0 Å². The van der Waals surface area contributed by atoms with Gasteiger partial charge in [-0.3, -0.25) is 9.58 Å². The zero-order valence-corrected chi connectivity index (χ0v) is 16.2. The predicted molar refractivity (Wildman–Crippen MR) is 97.9 cm³/mol. The Morgan fingerprint density at radius 1 is 1.00 bits per heavy atom. The van der Waals surface area contributed by atoms with Crippen LogP contribution in [0.1, 0.15) is 22.5 Å². The summed E-state index contributed by atoms with van der Waals surface area (Å²) in [6, 6.07) is 7.08. The fourth-order valence-electron chi connectivity index (χ4n) is 3.26. The van der Waals surface area contributed by atoms with Crippen molar-refractivity contribution in [1.29, 1.82) is 0 Å². The van der Waals surface area contributed by atoms with Gasteiger partial charge in [0.05, 0.1) is 10.6 Å². The SMILES string of the molecule is Cc1ccc(S(=O)(=O)N2CCN(Cc3c(C)nn(C)c3C)CC2)cc1. The van der Waals surface area contributed by atoms with E-state index in [0.717, 1.165) is 30.9 Å². The monoisotopic (exact) mass is 362 g/mol. The summed E-state index contributed by atoms with van der Waals surface area (Å²) < 4.78 is 29.0. The predicted octanol–water partition coefficient (Wildman–Crippen LogP) is 1.85. The Hall–Kier alpha value is -1.70. The Morgan fingerprint density at radius 2 is 1.60 bits per heavy atom. The molecule has 0 atom stereocenters. The number of aryl methyl sites for hydroxylation is 3. The zero-order chi connectivity index (χ0) is 18.2. The smallest absolute Gasteiger partial charge is 0.243 e. The number of aromatic nitrogens is 2. The molecule has 2 aromatic rings. The van der Waals surface area contributed by atoms with Gasteiger partial charge in [0.2, 0.25) is 10.0 Å². The molecule has 0 spiro atoms. The number of sulfonamides is 1. The van der Waals surface area contributed by atoms with Crippen molar-refractivity contribution >= 4 is 10.0 Å². The van der Waals surface area contributed by atoms with Crippen molar-refractivity contribution in [3.8, 4) is 0 Å². The van der Waals surface area contributed by atoms with Gasteiger partial charge >= 0.3 is 0 Å². The van der Waals surface area contributed by atoms with Crippen molar-refractivity contribution in [3.63, 3.8) is 0 Å². The van der Waals surface area contributed by atoms with Crippen LogP contribution in [-0.2, 0) is 23.6 Å². The van der Waals surface area contributed by atoms with Gasteiger partial charge < -0.3 is 0 Å². The average molecular weight is 362 g/mol. The lowest BCUT2D eigenvalue weighted by atomic mass is 10.1. The van der Waals surface area contributed by atoms with Gasteiger partial charge in [-0.2, -0.15) is 9.40 Å². The molecule has 0 amide bonds. The Morgan fingerprint density at radius 3 is 2.12 bits per heavy atom. The van der Waals surface area contributed by atoms with Crippen LogP contribution in [0.15, 0.2) is 29.2 Å². The number of piperazine rings is 1. The molecule has 1 fully saturated rings. The molecule has 3 rings (SSSR count). The molecule has 1 saturated heterocycles. The van der Waals surface area contributed by atoms with Crippen molar-refractivity contribution in [3.05, 3.63) is 46.8 Å². The third-order valence-corrected chi connectivity index (χ3v) is 6.94. The van der Waals surface area contributed by atoms with Crippen LogP contribution in [0.4, 0.5) is 0 Å². The number of nitrogens with zero attached hydrogens (tertiary/aromatic N) is 4. The van der Waals surface area contributed by atoms with Crippen LogP contribution in [0.2, 0.25) is 0 Å². The summed E-state index contributed by atoms with van der Waals surface area (Å²) in [5, 5.41) is 4.46. The molecule has 0 aliphatic carbocycles. The van der Waals surface area contributed by atoms with Crippen molar-refractivity contribution in [2.24, 2.45) is 7.05 Å². The normalized spacial score (nSPS) is 17.1. The summed E-state index contributed by atoms with van der Waals surface area (Å²) in [6.45, 7) is 9.40. The van der Waals surface area contributed by atoms with Crippen LogP contribution < -0.4 is 0 Å². The summed E-state index contributed by atoms with van der Waals surface area (Å²) in [5.41, 5.74) is 4.53. The van der Waals surface area contributed by atoms with E-state index in [4.69, 9.17) is 0 Å². The second-order valence-electron chi connectivity index (χ2n) is 6.77. The number of hydrogen-bond acceptors (Lipinski definition) is 4. The third-order valence-electron chi connectivity index (χ3n) is 5.03. The molecule has 25 heavy (non-hydrogen) atoms. The van der Waals surface area contributed by atoms with Crippen molar-refractivity contribution < 1.29 is 8.42 Å². The first-order valence-corrected chi connectivity index (χ1v) is 10.0. The van der Waals surface area contributed by atoms with E-state index >= 15 is 0 Å². The Bertz CT molecular complexity index is 848. The molecule has 0 radical (unpaired) electrons. The highest BCUT2D eigenvalue weighted by molar-refractivity contribution is 7.89. The van der Waals surface area contributed by atoms with Crippen LogP contribution in [0.3, 0.4) is 0 Å². The summed E-state index contributed by atoms with van der Waals surface area (Å²) in [7, 11) is -1.44. The Kier molecular flexibility index (Phi) is 4.99. The van der Waals surface area contributed by atoms with Gasteiger partial charge in [-0.1, -0.05) is 17.7 Å². The number of hydrogen-bond donors (Lipinski definition) is 0. The highest BCUT2D eigenvalue weighted by Gasteiger charge is 2.28. The van der Waals surface area contributed by atoms with Gasteiger partial charge in [0.15, 0.2) is 0 Å². The summed E-state index contributed by atoms with van der Waals surface area (Å²) in [6.07, 6.45) is 0. The summed E-state index contributed by atoms with van der Waals surface area (Å²) in [5.74, 6) is 0. The van der Waals surface area contributed by atoms with Crippen molar-refractivity contribution in [1.82, 2.24) is 19.0 Å². The van der Waals surface area contributed by atoms with Crippen molar-refractivity contribution in [2.45, 2.75) is 32.2 Å². The van der Waals surface area contributed by atoms with Crippen molar-refractivity contribution in [2.75, 3.05) is 26.2 Å². The van der Waals surface area contributed by atoms with Crippen LogP contribution in [0.25, 0.3) is 0 Å². The maximum atomic E-state index is 12.8. The second-order valence-corrected chi connectivity index (χ2v) is 8.70. The molecule has 6 nitrogen and oxygen atoms in total. The van der Waals surface area contributed by atoms with E-state index in [9.17, 15) is 8.42 Å². The minimum Gasteiger partial charge on any atom is -0.296 e. The maximum absolute atomic E-state index is 12.8. The molecule has 1 aliphatic rings. The van der Waals surface area contributed by atoms with E-state index in [-0.39, 0.29) is 0 Å². The first-order valence-electron chi connectivity index (χ1n) is 8.57. The van der Waals surface area contributed by atoms with Gasteiger partial charge in [0.25, 0.3) is 0 Å². The lowest BCUT2D eigenvalue weighted by Gasteiger charge is -2.34. The van der Waals surface area contributed by atoms with Gasteiger partial charge in [0, 0.05) is 51.0 Å². The number of benzene rings is 1. The zero-order valence-electron chi connectivity index (χ0n) is 15.4. The summed E-state index contributed by atoms with van der Waals surface area (Å²) >= 11 is 0. The highest BCUT2D eigenvalue weighted by Crippen LogP contribution is 2.20.